The lowest BCUT2D eigenvalue weighted by atomic mass is 9.76. The van der Waals surface area contributed by atoms with Crippen LogP contribution in [0, 0.1) is 11.7 Å². The highest BCUT2D eigenvalue weighted by atomic mass is 19.1. The standard InChI is InChI=1S/C22H22FNO4/c1-3-28-22(26)21-17(14-7-6-8-16(11-14)27-2)12-15(13-20(21)25)24-19-10-5-4-9-18(19)23/h4-11,13,17,21,24H,3,12H2,1-2H3/t17-,21-/m1/s1. The second-order valence-corrected chi connectivity index (χ2v) is 6.49. The molecule has 0 unspecified atom stereocenters. The van der Waals surface area contributed by atoms with Crippen LogP contribution in [0.2, 0.25) is 0 Å². The molecule has 2 aromatic rings. The van der Waals surface area contributed by atoms with Crippen LogP contribution >= 0.6 is 0 Å². The van der Waals surface area contributed by atoms with Crippen molar-refractivity contribution in [3.63, 3.8) is 0 Å². The zero-order valence-electron chi connectivity index (χ0n) is 15.8. The first-order valence-corrected chi connectivity index (χ1v) is 9.10. The van der Waals surface area contributed by atoms with Crippen LogP contribution in [0.15, 0.2) is 60.3 Å². The maximum absolute atomic E-state index is 14.0. The third-order valence-corrected chi connectivity index (χ3v) is 4.70. The van der Waals surface area contributed by atoms with Gasteiger partial charge in [0.15, 0.2) is 5.78 Å². The number of benzene rings is 2. The fourth-order valence-corrected chi connectivity index (χ4v) is 3.39. The van der Waals surface area contributed by atoms with E-state index in [9.17, 15) is 14.0 Å². The summed E-state index contributed by atoms with van der Waals surface area (Å²) in [6, 6.07) is 13.5. The third kappa shape index (κ3) is 4.22. The molecule has 0 saturated carbocycles. The summed E-state index contributed by atoms with van der Waals surface area (Å²) in [6.45, 7) is 1.89. The smallest absolute Gasteiger partial charge is 0.317 e. The summed E-state index contributed by atoms with van der Waals surface area (Å²) in [6.07, 6.45) is 1.72. The van der Waals surface area contributed by atoms with Crippen molar-refractivity contribution in [2.45, 2.75) is 19.3 Å². The molecule has 1 N–H and O–H groups in total. The Bertz CT molecular complexity index is 909. The van der Waals surface area contributed by atoms with Gasteiger partial charge in [0.05, 0.1) is 19.4 Å². The van der Waals surface area contributed by atoms with E-state index in [1.54, 1.807) is 44.4 Å². The number of carbonyl (C=O) groups excluding carboxylic acids is 2. The van der Waals surface area contributed by atoms with Crippen LogP contribution in [0.5, 0.6) is 5.75 Å². The van der Waals surface area contributed by atoms with Crippen LogP contribution in [-0.4, -0.2) is 25.5 Å². The lowest BCUT2D eigenvalue weighted by Crippen LogP contribution is -2.35. The van der Waals surface area contributed by atoms with Gasteiger partial charge in [0.1, 0.15) is 17.5 Å². The monoisotopic (exact) mass is 383 g/mol. The van der Waals surface area contributed by atoms with Gasteiger partial charge >= 0.3 is 5.97 Å². The minimum Gasteiger partial charge on any atom is -0.497 e. The minimum atomic E-state index is -0.946. The Morgan fingerprint density at radius 2 is 2.00 bits per heavy atom. The van der Waals surface area contributed by atoms with E-state index in [0.29, 0.717) is 17.9 Å². The molecule has 146 valence electrons. The van der Waals surface area contributed by atoms with Crippen LogP contribution in [0.3, 0.4) is 0 Å². The van der Waals surface area contributed by atoms with E-state index in [-0.39, 0.29) is 18.1 Å². The molecular formula is C22H22FNO4. The highest BCUT2D eigenvalue weighted by Gasteiger charge is 2.39. The van der Waals surface area contributed by atoms with Gasteiger partial charge in [0.2, 0.25) is 0 Å². The summed E-state index contributed by atoms with van der Waals surface area (Å²) in [4.78, 5) is 25.3. The summed E-state index contributed by atoms with van der Waals surface area (Å²) < 4.78 is 24.4. The number of rotatable bonds is 6. The van der Waals surface area contributed by atoms with E-state index >= 15 is 0 Å². The number of para-hydroxylation sites is 1. The number of nitrogens with one attached hydrogen (secondary N) is 1. The fourth-order valence-electron chi connectivity index (χ4n) is 3.39. The van der Waals surface area contributed by atoms with Crippen LogP contribution < -0.4 is 10.1 Å². The Hall–Kier alpha value is -3.15. The molecular weight excluding hydrogens is 361 g/mol. The second kappa shape index (κ2) is 8.69. The molecule has 3 rings (SSSR count). The van der Waals surface area contributed by atoms with Crippen molar-refractivity contribution in [2.24, 2.45) is 5.92 Å². The number of esters is 1. The lowest BCUT2D eigenvalue weighted by molar-refractivity contribution is -0.151. The maximum Gasteiger partial charge on any atom is 0.317 e. The number of halogens is 1. The maximum atomic E-state index is 14.0. The summed E-state index contributed by atoms with van der Waals surface area (Å²) in [7, 11) is 1.55. The average molecular weight is 383 g/mol. The molecule has 5 nitrogen and oxygen atoms in total. The van der Waals surface area contributed by atoms with Crippen molar-refractivity contribution in [3.8, 4) is 5.75 Å². The molecule has 2 aromatic carbocycles. The Labute approximate surface area is 163 Å². The number of ether oxygens (including phenoxy) is 2. The molecule has 0 fully saturated rings. The molecule has 28 heavy (non-hydrogen) atoms. The minimum absolute atomic E-state index is 0.192. The number of hydrogen-bond donors (Lipinski definition) is 1. The van der Waals surface area contributed by atoms with Gasteiger partial charge in [-0.2, -0.15) is 0 Å². The number of anilines is 1. The van der Waals surface area contributed by atoms with Crippen LogP contribution in [0.25, 0.3) is 0 Å². The van der Waals surface area contributed by atoms with Gasteiger partial charge in [-0.25, -0.2) is 4.39 Å². The van der Waals surface area contributed by atoms with Crippen molar-refractivity contribution in [2.75, 3.05) is 19.0 Å². The van der Waals surface area contributed by atoms with E-state index in [4.69, 9.17) is 9.47 Å². The van der Waals surface area contributed by atoms with Gasteiger partial charge in [-0.1, -0.05) is 24.3 Å². The molecule has 0 amide bonds. The van der Waals surface area contributed by atoms with Crippen molar-refractivity contribution >= 4 is 17.4 Å². The van der Waals surface area contributed by atoms with Gasteiger partial charge in [-0.05, 0) is 43.2 Å². The highest BCUT2D eigenvalue weighted by molar-refractivity contribution is 6.07. The molecule has 1 aliphatic rings. The number of hydrogen-bond acceptors (Lipinski definition) is 5. The SMILES string of the molecule is CCOC(=O)[C@H]1C(=O)C=C(Nc2ccccc2F)C[C@@H]1c1cccc(OC)c1. The van der Waals surface area contributed by atoms with E-state index in [0.717, 1.165) is 5.56 Å². The van der Waals surface area contributed by atoms with Crippen molar-refractivity contribution in [1.29, 1.82) is 0 Å². The third-order valence-electron chi connectivity index (χ3n) is 4.70. The van der Waals surface area contributed by atoms with Gasteiger partial charge in [-0.15, -0.1) is 0 Å². The zero-order valence-corrected chi connectivity index (χ0v) is 15.8. The lowest BCUT2D eigenvalue weighted by Gasteiger charge is -2.30. The molecule has 0 spiro atoms. The summed E-state index contributed by atoms with van der Waals surface area (Å²) >= 11 is 0. The topological polar surface area (TPSA) is 64.6 Å². The van der Waals surface area contributed by atoms with Crippen LogP contribution in [0.1, 0.15) is 24.8 Å². The summed E-state index contributed by atoms with van der Waals surface area (Å²) in [5.41, 5.74) is 1.61. The van der Waals surface area contributed by atoms with Gasteiger partial charge in [0, 0.05) is 17.7 Å². The molecule has 0 aromatic heterocycles. The first-order chi connectivity index (χ1) is 13.5. The average Bonchev–Trinajstić information content (AvgIpc) is 2.69. The molecule has 0 aliphatic heterocycles. The normalized spacial score (nSPS) is 19.0. The molecule has 1 aliphatic carbocycles. The Balaban J connectivity index is 1.96. The quantitative estimate of drug-likeness (QED) is 0.602. The van der Waals surface area contributed by atoms with E-state index < -0.39 is 23.6 Å². The molecule has 2 atom stereocenters. The number of methoxy groups -OCH3 is 1. The van der Waals surface area contributed by atoms with E-state index in [2.05, 4.69) is 5.32 Å². The second-order valence-electron chi connectivity index (χ2n) is 6.49. The predicted octanol–water partition coefficient (Wildman–Crippen LogP) is 4.07. The van der Waals surface area contributed by atoms with Crippen molar-refractivity contribution in [1.82, 2.24) is 0 Å². The van der Waals surface area contributed by atoms with E-state index in [1.807, 2.05) is 12.1 Å². The number of allylic oxidation sites excluding steroid dienone is 2. The molecule has 6 heteroatoms. The first kappa shape index (κ1) is 19.6. The Kier molecular flexibility index (Phi) is 6.09. The van der Waals surface area contributed by atoms with E-state index in [1.165, 1.54) is 12.1 Å². The Morgan fingerprint density at radius 3 is 2.71 bits per heavy atom. The molecule has 0 radical (unpaired) electrons. The zero-order chi connectivity index (χ0) is 20.1. The fraction of sp³-hybridized carbons (Fsp3) is 0.273. The number of ketones is 1. The molecule has 0 bridgehead atoms. The predicted molar refractivity (Wildman–Crippen MR) is 104 cm³/mol. The highest BCUT2D eigenvalue weighted by Crippen LogP contribution is 2.38. The van der Waals surface area contributed by atoms with Gasteiger partial charge in [-0.3, -0.25) is 9.59 Å². The van der Waals surface area contributed by atoms with Gasteiger partial charge in [0.25, 0.3) is 0 Å². The molecule has 0 heterocycles. The summed E-state index contributed by atoms with van der Waals surface area (Å²) in [5.74, 6) is -2.09. The molecule has 0 saturated heterocycles. The van der Waals surface area contributed by atoms with Crippen LogP contribution in [-0.2, 0) is 14.3 Å². The van der Waals surface area contributed by atoms with Crippen molar-refractivity contribution in [3.05, 3.63) is 71.7 Å². The first-order valence-electron chi connectivity index (χ1n) is 9.10. The summed E-state index contributed by atoms with van der Waals surface area (Å²) in [5, 5.41) is 2.98. The Morgan fingerprint density at radius 1 is 1.21 bits per heavy atom. The van der Waals surface area contributed by atoms with Crippen molar-refractivity contribution < 1.29 is 23.5 Å². The van der Waals surface area contributed by atoms with Crippen LogP contribution in [0.4, 0.5) is 10.1 Å². The number of carbonyl (C=O) groups is 2. The van der Waals surface area contributed by atoms with Gasteiger partial charge < -0.3 is 14.8 Å². The largest absolute Gasteiger partial charge is 0.497 e.